The third kappa shape index (κ3) is 1.44. The number of hydroxylamine groups is 2. The molecule has 0 aromatic carbocycles. The van der Waals surface area contributed by atoms with Crippen molar-refractivity contribution >= 4 is 0 Å². The molecule has 5 heteroatoms. The summed E-state index contributed by atoms with van der Waals surface area (Å²) >= 11 is 0. The zero-order valence-electron chi connectivity index (χ0n) is 5.95. The molecule has 1 aliphatic heterocycles. The second-order valence-electron chi connectivity index (χ2n) is 2.71. The Labute approximate surface area is 59.9 Å². The van der Waals surface area contributed by atoms with Gasteiger partial charge in [0.2, 0.25) is 0 Å². The summed E-state index contributed by atoms with van der Waals surface area (Å²) in [7, 11) is 0. The van der Waals surface area contributed by atoms with Gasteiger partial charge in [-0.15, -0.1) is 0 Å². The lowest BCUT2D eigenvalue weighted by Crippen LogP contribution is -2.64. The minimum atomic E-state index is -0.633. The van der Waals surface area contributed by atoms with E-state index in [9.17, 15) is 5.21 Å². The number of hydrogen-bond donors (Lipinski definition) is 3. The highest BCUT2D eigenvalue weighted by atomic mass is 16.5. The molecule has 1 saturated heterocycles. The maximum Gasteiger partial charge on any atom is 0.101 e. The van der Waals surface area contributed by atoms with Gasteiger partial charge in [0, 0.05) is 0 Å². The first-order valence-electron chi connectivity index (χ1n) is 3.32. The Hall–Kier alpha value is -0.200. The summed E-state index contributed by atoms with van der Waals surface area (Å²) in [6, 6.07) is 0. The van der Waals surface area contributed by atoms with Crippen LogP contribution >= 0.6 is 0 Å². The van der Waals surface area contributed by atoms with Gasteiger partial charge in [-0.25, -0.2) is 0 Å². The van der Waals surface area contributed by atoms with Crippen molar-refractivity contribution < 1.29 is 0 Å². The zero-order chi connectivity index (χ0) is 7.72. The quantitative estimate of drug-likeness (QED) is 0.388. The van der Waals surface area contributed by atoms with E-state index in [1.165, 1.54) is 0 Å². The van der Waals surface area contributed by atoms with Crippen LogP contribution in [-0.2, 0) is 0 Å². The van der Waals surface area contributed by atoms with Crippen molar-refractivity contribution in [3.8, 4) is 0 Å². The van der Waals surface area contributed by atoms with Crippen molar-refractivity contribution in [2.45, 2.75) is 19.4 Å². The summed E-state index contributed by atoms with van der Waals surface area (Å²) < 4.78 is 0. The smallest absolute Gasteiger partial charge is 0.101 e. The number of hydrogen-bond acceptors (Lipinski definition) is 5. The molecule has 5 N–H and O–H groups in total. The normalized spacial score (nSPS) is 43.8. The first-order chi connectivity index (χ1) is 4.61. The molecule has 1 fully saturated rings. The van der Waals surface area contributed by atoms with Gasteiger partial charge in [0.05, 0.1) is 6.17 Å². The Morgan fingerprint density at radius 3 is 2.70 bits per heavy atom. The monoisotopic (exact) mass is 145 g/mol. The van der Waals surface area contributed by atoms with Crippen molar-refractivity contribution in [3.63, 3.8) is 0 Å². The molecular weight excluding hydrogens is 132 g/mol. The summed E-state index contributed by atoms with van der Waals surface area (Å²) in [4.78, 5) is 0. The van der Waals surface area contributed by atoms with Crippen molar-refractivity contribution in [2.24, 2.45) is 17.4 Å². The van der Waals surface area contributed by atoms with Crippen LogP contribution in [0.3, 0.4) is 0 Å². The molecule has 0 spiro atoms. The second kappa shape index (κ2) is 2.81. The van der Waals surface area contributed by atoms with E-state index in [2.05, 4.69) is 5.32 Å². The molecule has 0 radical (unpaired) electrons. The Balaban J connectivity index is 2.46. The summed E-state index contributed by atoms with van der Waals surface area (Å²) in [6.45, 7) is 2.32. The molecule has 0 saturated carbocycles. The van der Waals surface area contributed by atoms with Gasteiger partial charge >= 0.3 is 0 Å². The fraction of sp³-hybridized carbons (Fsp3) is 1.00. The molecular formula is C5H13N4O-. The Morgan fingerprint density at radius 1 is 1.60 bits per heavy atom. The Morgan fingerprint density at radius 2 is 2.20 bits per heavy atom. The van der Waals surface area contributed by atoms with Crippen LogP contribution in [0.5, 0.6) is 0 Å². The van der Waals surface area contributed by atoms with E-state index in [4.69, 9.17) is 11.5 Å². The van der Waals surface area contributed by atoms with E-state index in [1.807, 2.05) is 6.92 Å². The average Bonchev–Trinajstić information content (AvgIpc) is 1.84. The number of nitrogens with two attached hydrogens (primary N) is 2. The highest BCUT2D eigenvalue weighted by Crippen LogP contribution is 2.07. The van der Waals surface area contributed by atoms with Crippen molar-refractivity contribution in [1.82, 2.24) is 10.4 Å². The molecule has 0 amide bonds. The molecule has 0 bridgehead atoms. The van der Waals surface area contributed by atoms with E-state index in [0.29, 0.717) is 6.54 Å². The Bertz CT molecular complexity index is 94.2. The number of rotatable bonds is 0. The molecule has 0 aromatic heterocycles. The highest BCUT2D eigenvalue weighted by molar-refractivity contribution is 4.80. The second-order valence-corrected chi connectivity index (χ2v) is 2.71. The third-order valence-corrected chi connectivity index (χ3v) is 1.75. The van der Waals surface area contributed by atoms with Gasteiger partial charge in [-0.3, -0.25) is 5.32 Å². The lowest BCUT2D eigenvalue weighted by molar-refractivity contribution is 0.117. The molecule has 1 heterocycles. The lowest BCUT2D eigenvalue weighted by atomic mass is 10.1. The summed E-state index contributed by atoms with van der Waals surface area (Å²) in [5.74, 6) is 0.164. The molecule has 0 aromatic rings. The predicted molar refractivity (Wildman–Crippen MR) is 38.3 cm³/mol. The van der Waals surface area contributed by atoms with Gasteiger partial charge in [0.15, 0.2) is 0 Å². The van der Waals surface area contributed by atoms with Crippen LogP contribution in [0.1, 0.15) is 6.92 Å². The fourth-order valence-electron chi connectivity index (χ4n) is 0.956. The maximum absolute atomic E-state index is 10.8. The highest BCUT2D eigenvalue weighted by Gasteiger charge is 2.22. The van der Waals surface area contributed by atoms with Crippen molar-refractivity contribution in [2.75, 3.05) is 6.54 Å². The summed E-state index contributed by atoms with van der Waals surface area (Å²) in [5.41, 5.74) is 10.9. The summed E-state index contributed by atoms with van der Waals surface area (Å²) in [5, 5.41) is 14.4. The van der Waals surface area contributed by atoms with Crippen LogP contribution in [-0.4, -0.2) is 24.1 Å². The van der Waals surface area contributed by atoms with Gasteiger partial charge in [0.25, 0.3) is 0 Å². The Kier molecular flexibility index (Phi) is 2.22. The van der Waals surface area contributed by atoms with Crippen LogP contribution in [0.25, 0.3) is 0 Å². The van der Waals surface area contributed by atoms with E-state index in [1.54, 1.807) is 0 Å². The van der Waals surface area contributed by atoms with Gasteiger partial charge < -0.3 is 21.7 Å². The maximum atomic E-state index is 10.8. The molecule has 1 aliphatic rings. The van der Waals surface area contributed by atoms with Crippen LogP contribution in [0.4, 0.5) is 0 Å². The molecule has 0 aliphatic carbocycles. The van der Waals surface area contributed by atoms with Gasteiger partial charge in [0.1, 0.15) is 6.29 Å². The molecule has 5 nitrogen and oxygen atoms in total. The molecule has 1 rings (SSSR count). The molecule has 3 atom stereocenters. The average molecular weight is 145 g/mol. The van der Waals surface area contributed by atoms with E-state index in [-0.39, 0.29) is 12.1 Å². The summed E-state index contributed by atoms with van der Waals surface area (Å²) in [6.07, 6.45) is -0.786. The molecule has 10 heavy (non-hydrogen) atoms. The first-order valence-corrected chi connectivity index (χ1v) is 3.32. The fourth-order valence-corrected chi connectivity index (χ4v) is 0.956. The lowest BCUT2D eigenvalue weighted by Gasteiger charge is -2.44. The van der Waals surface area contributed by atoms with Crippen molar-refractivity contribution in [3.05, 3.63) is 5.21 Å². The van der Waals surface area contributed by atoms with Crippen LogP contribution < -0.4 is 16.8 Å². The van der Waals surface area contributed by atoms with Crippen LogP contribution in [0.15, 0.2) is 0 Å². The van der Waals surface area contributed by atoms with Crippen LogP contribution in [0, 0.1) is 11.1 Å². The van der Waals surface area contributed by atoms with Crippen molar-refractivity contribution in [1.29, 1.82) is 0 Å². The van der Waals surface area contributed by atoms with Gasteiger partial charge in [-0.1, -0.05) is 6.92 Å². The van der Waals surface area contributed by atoms with E-state index >= 15 is 0 Å². The standard InChI is InChI=1S/C5H13N4O/c1-3-2-9(10)5(7)8-4(3)6/h3-5,8H,2,6-7H2,1H3/q-1. The molecule has 60 valence electrons. The largest absolute Gasteiger partial charge is 0.783 e. The number of nitrogens with zero attached hydrogens (tertiary/aromatic N) is 1. The van der Waals surface area contributed by atoms with Gasteiger partial charge in [-0.2, -0.15) is 0 Å². The zero-order valence-corrected chi connectivity index (χ0v) is 5.95. The molecule has 3 unspecified atom stereocenters. The van der Waals surface area contributed by atoms with Gasteiger partial charge in [-0.05, 0) is 12.5 Å². The SMILES string of the molecule is CC1CN([O-])C(N)NC1N. The van der Waals surface area contributed by atoms with E-state index in [0.717, 1.165) is 5.06 Å². The third-order valence-electron chi connectivity index (χ3n) is 1.75. The first kappa shape index (κ1) is 7.90. The minimum absolute atomic E-state index is 0.153. The van der Waals surface area contributed by atoms with Crippen LogP contribution in [0.2, 0.25) is 0 Å². The topological polar surface area (TPSA) is 90.4 Å². The van der Waals surface area contributed by atoms with E-state index < -0.39 is 6.29 Å². The number of nitrogens with one attached hydrogen (secondary N) is 1. The minimum Gasteiger partial charge on any atom is -0.783 e. The predicted octanol–water partition coefficient (Wildman–Crippen LogP) is -1.45.